The summed E-state index contributed by atoms with van der Waals surface area (Å²) in [6.45, 7) is 0. The summed E-state index contributed by atoms with van der Waals surface area (Å²) < 4.78 is 12.7. The van der Waals surface area contributed by atoms with Crippen molar-refractivity contribution in [2.75, 3.05) is 0 Å². The van der Waals surface area contributed by atoms with E-state index in [2.05, 4.69) is 4.98 Å². The average Bonchev–Trinajstić information content (AvgIpc) is 2.76. The molecule has 0 unspecified atom stereocenters. The molecular weight excluding hydrogens is 221 g/mol. The molecule has 0 radical (unpaired) electrons. The van der Waals surface area contributed by atoms with Crippen molar-refractivity contribution in [2.24, 2.45) is 0 Å². The summed E-state index contributed by atoms with van der Waals surface area (Å²) in [6.07, 6.45) is 0.569. The zero-order chi connectivity index (χ0) is 12.3. The van der Waals surface area contributed by atoms with E-state index in [1.165, 1.54) is 12.1 Å². The number of aromatic amines is 1. The van der Waals surface area contributed by atoms with Gasteiger partial charge in [-0.05, 0) is 48.4 Å². The van der Waals surface area contributed by atoms with Crippen molar-refractivity contribution in [1.82, 2.24) is 4.98 Å². The lowest BCUT2D eigenvalue weighted by molar-refractivity contribution is -0.136. The number of rotatable bonds is 4. The Labute approximate surface area is 97.9 Å². The SMILES string of the molecule is O=C(O)CCc1ccc(-c2ccc(F)cc2)[nH]1. The van der Waals surface area contributed by atoms with Crippen molar-refractivity contribution < 1.29 is 14.3 Å². The Kier molecular flexibility index (Phi) is 3.23. The summed E-state index contributed by atoms with van der Waals surface area (Å²) in [5.74, 6) is -1.09. The van der Waals surface area contributed by atoms with E-state index in [1.807, 2.05) is 12.1 Å². The molecule has 0 aliphatic carbocycles. The lowest BCUT2D eigenvalue weighted by atomic mass is 10.1. The normalized spacial score (nSPS) is 10.4. The summed E-state index contributed by atoms with van der Waals surface area (Å²) in [4.78, 5) is 13.5. The third-order valence-corrected chi connectivity index (χ3v) is 2.51. The first-order valence-corrected chi connectivity index (χ1v) is 5.31. The maximum atomic E-state index is 12.7. The van der Waals surface area contributed by atoms with E-state index in [4.69, 9.17) is 5.11 Å². The second kappa shape index (κ2) is 4.82. The van der Waals surface area contributed by atoms with Crippen LogP contribution in [0.5, 0.6) is 0 Å². The minimum absolute atomic E-state index is 0.101. The highest BCUT2D eigenvalue weighted by atomic mass is 19.1. The van der Waals surface area contributed by atoms with Crippen molar-refractivity contribution in [2.45, 2.75) is 12.8 Å². The molecule has 1 aromatic heterocycles. The van der Waals surface area contributed by atoms with Crippen molar-refractivity contribution in [3.8, 4) is 11.3 Å². The summed E-state index contributed by atoms with van der Waals surface area (Å²) in [7, 11) is 0. The van der Waals surface area contributed by atoms with Crippen LogP contribution in [0.15, 0.2) is 36.4 Å². The Hall–Kier alpha value is -2.10. The largest absolute Gasteiger partial charge is 0.481 e. The van der Waals surface area contributed by atoms with Crippen molar-refractivity contribution >= 4 is 5.97 Å². The molecule has 0 aliphatic heterocycles. The number of benzene rings is 1. The topological polar surface area (TPSA) is 53.1 Å². The monoisotopic (exact) mass is 233 g/mol. The molecule has 0 saturated heterocycles. The molecule has 0 spiro atoms. The van der Waals surface area contributed by atoms with Gasteiger partial charge in [0.05, 0.1) is 6.42 Å². The molecule has 0 atom stereocenters. The fourth-order valence-corrected chi connectivity index (χ4v) is 1.63. The molecular formula is C13H12FNO2. The molecule has 88 valence electrons. The molecule has 17 heavy (non-hydrogen) atoms. The van der Waals surface area contributed by atoms with E-state index in [1.54, 1.807) is 12.1 Å². The van der Waals surface area contributed by atoms with E-state index in [-0.39, 0.29) is 12.2 Å². The molecule has 0 fully saturated rings. The number of halogens is 1. The van der Waals surface area contributed by atoms with Gasteiger partial charge >= 0.3 is 5.97 Å². The van der Waals surface area contributed by atoms with Gasteiger partial charge in [-0.3, -0.25) is 4.79 Å². The van der Waals surface area contributed by atoms with Gasteiger partial charge in [0, 0.05) is 11.4 Å². The summed E-state index contributed by atoms with van der Waals surface area (Å²) in [6, 6.07) is 9.87. The van der Waals surface area contributed by atoms with Crippen molar-refractivity contribution in [1.29, 1.82) is 0 Å². The smallest absolute Gasteiger partial charge is 0.303 e. The van der Waals surface area contributed by atoms with Gasteiger partial charge in [0.2, 0.25) is 0 Å². The fraction of sp³-hybridized carbons (Fsp3) is 0.154. The molecule has 2 N–H and O–H groups in total. The fourth-order valence-electron chi connectivity index (χ4n) is 1.63. The predicted octanol–water partition coefficient (Wildman–Crippen LogP) is 2.84. The van der Waals surface area contributed by atoms with Gasteiger partial charge < -0.3 is 10.1 Å². The predicted molar refractivity (Wildman–Crippen MR) is 62.1 cm³/mol. The number of H-pyrrole nitrogens is 1. The van der Waals surface area contributed by atoms with Crippen LogP contribution in [-0.4, -0.2) is 16.1 Å². The number of aliphatic carboxylic acids is 1. The van der Waals surface area contributed by atoms with E-state index in [0.717, 1.165) is 17.0 Å². The van der Waals surface area contributed by atoms with Crippen LogP contribution in [0.2, 0.25) is 0 Å². The zero-order valence-corrected chi connectivity index (χ0v) is 9.11. The summed E-state index contributed by atoms with van der Waals surface area (Å²) >= 11 is 0. The number of aromatic nitrogens is 1. The maximum Gasteiger partial charge on any atom is 0.303 e. The van der Waals surface area contributed by atoms with Crippen LogP contribution in [-0.2, 0) is 11.2 Å². The Morgan fingerprint density at radius 1 is 1.18 bits per heavy atom. The van der Waals surface area contributed by atoms with Crippen LogP contribution in [0.4, 0.5) is 4.39 Å². The Bertz CT molecular complexity index is 516. The quantitative estimate of drug-likeness (QED) is 0.853. The lowest BCUT2D eigenvalue weighted by Gasteiger charge is -1.98. The minimum Gasteiger partial charge on any atom is -0.481 e. The van der Waals surface area contributed by atoms with Gasteiger partial charge in [-0.1, -0.05) is 0 Å². The van der Waals surface area contributed by atoms with Crippen LogP contribution in [0.25, 0.3) is 11.3 Å². The molecule has 0 aliphatic rings. The number of carbonyl (C=O) groups is 1. The van der Waals surface area contributed by atoms with Crippen molar-refractivity contribution in [3.05, 3.63) is 47.9 Å². The van der Waals surface area contributed by atoms with E-state index < -0.39 is 5.97 Å². The number of nitrogens with one attached hydrogen (secondary N) is 1. The Morgan fingerprint density at radius 2 is 1.88 bits per heavy atom. The molecule has 0 bridgehead atoms. The number of hydrogen-bond donors (Lipinski definition) is 2. The van der Waals surface area contributed by atoms with Gasteiger partial charge in [-0.2, -0.15) is 0 Å². The molecule has 4 heteroatoms. The van der Waals surface area contributed by atoms with Gasteiger partial charge in [0.15, 0.2) is 0 Å². The number of hydrogen-bond acceptors (Lipinski definition) is 1. The van der Waals surface area contributed by atoms with Crippen LogP contribution >= 0.6 is 0 Å². The minimum atomic E-state index is -0.817. The highest BCUT2D eigenvalue weighted by Gasteiger charge is 2.04. The first-order chi connectivity index (χ1) is 8.15. The standard InChI is InChI=1S/C13H12FNO2/c14-10-3-1-9(2-4-10)12-7-5-11(15-12)6-8-13(16)17/h1-5,7,15H,6,8H2,(H,16,17). The van der Waals surface area contributed by atoms with Crippen LogP contribution in [0.1, 0.15) is 12.1 Å². The Balaban J connectivity index is 2.12. The highest BCUT2D eigenvalue weighted by molar-refractivity contribution is 5.67. The summed E-state index contributed by atoms with van der Waals surface area (Å²) in [5.41, 5.74) is 2.62. The number of aryl methyl sites for hydroxylation is 1. The molecule has 1 aromatic carbocycles. The average molecular weight is 233 g/mol. The first kappa shape index (κ1) is 11.4. The second-order valence-electron chi connectivity index (χ2n) is 3.80. The van der Waals surface area contributed by atoms with Gasteiger partial charge in [-0.15, -0.1) is 0 Å². The maximum absolute atomic E-state index is 12.7. The molecule has 0 saturated carbocycles. The lowest BCUT2D eigenvalue weighted by Crippen LogP contribution is -1.97. The molecule has 0 amide bonds. The van der Waals surface area contributed by atoms with Crippen LogP contribution < -0.4 is 0 Å². The second-order valence-corrected chi connectivity index (χ2v) is 3.80. The number of carboxylic acids is 1. The molecule has 1 heterocycles. The van der Waals surface area contributed by atoms with Gasteiger partial charge in [0.25, 0.3) is 0 Å². The molecule has 3 nitrogen and oxygen atoms in total. The van der Waals surface area contributed by atoms with E-state index in [9.17, 15) is 9.18 Å². The number of carboxylic acid groups (broad SMARTS) is 1. The van der Waals surface area contributed by atoms with E-state index in [0.29, 0.717) is 6.42 Å². The Morgan fingerprint density at radius 3 is 2.53 bits per heavy atom. The molecule has 2 rings (SSSR count). The summed E-state index contributed by atoms with van der Waals surface area (Å²) in [5, 5.41) is 8.57. The molecule has 2 aromatic rings. The third-order valence-electron chi connectivity index (χ3n) is 2.51. The van der Waals surface area contributed by atoms with E-state index >= 15 is 0 Å². The third kappa shape index (κ3) is 2.93. The zero-order valence-electron chi connectivity index (χ0n) is 9.11. The van der Waals surface area contributed by atoms with Gasteiger partial charge in [0.1, 0.15) is 5.82 Å². The van der Waals surface area contributed by atoms with Crippen LogP contribution in [0.3, 0.4) is 0 Å². The van der Waals surface area contributed by atoms with Crippen molar-refractivity contribution in [3.63, 3.8) is 0 Å². The highest BCUT2D eigenvalue weighted by Crippen LogP contribution is 2.19. The first-order valence-electron chi connectivity index (χ1n) is 5.31. The van der Waals surface area contributed by atoms with Gasteiger partial charge in [-0.25, -0.2) is 4.39 Å². The van der Waals surface area contributed by atoms with Crippen LogP contribution in [0, 0.1) is 5.82 Å².